The largest absolute Gasteiger partial charge is 0.269 e. The first kappa shape index (κ1) is 19.6. The van der Waals surface area contributed by atoms with Gasteiger partial charge in [0, 0.05) is 29.6 Å². The molecule has 0 spiro atoms. The number of benzene rings is 2. The van der Waals surface area contributed by atoms with E-state index in [0.717, 1.165) is 19.1 Å². The summed E-state index contributed by atoms with van der Waals surface area (Å²) in [4.78, 5) is 18.7. The van der Waals surface area contributed by atoms with Gasteiger partial charge in [0.25, 0.3) is 5.69 Å². The van der Waals surface area contributed by atoms with E-state index in [2.05, 4.69) is 9.97 Å². The van der Waals surface area contributed by atoms with E-state index in [-0.39, 0.29) is 10.8 Å². The SMILES string of the molecule is CS(=O)(=O)c1nc(CCCc2ccccc2)cc(-c2ccc([N+](=O)[O-])cc2)n1. The number of nitro groups is 1. The minimum Gasteiger partial charge on any atom is -0.258 e. The fourth-order valence-electron chi connectivity index (χ4n) is 2.79. The van der Waals surface area contributed by atoms with Gasteiger partial charge in [0.1, 0.15) is 0 Å². The van der Waals surface area contributed by atoms with E-state index in [1.807, 2.05) is 30.3 Å². The summed E-state index contributed by atoms with van der Waals surface area (Å²) in [5, 5.41) is 10.6. The Labute approximate surface area is 163 Å². The number of non-ortho nitro benzene ring substituents is 1. The van der Waals surface area contributed by atoms with Gasteiger partial charge in [-0.25, -0.2) is 18.4 Å². The van der Waals surface area contributed by atoms with Gasteiger partial charge in [-0.2, -0.15) is 0 Å². The lowest BCUT2D eigenvalue weighted by molar-refractivity contribution is -0.384. The van der Waals surface area contributed by atoms with Gasteiger partial charge in [-0.15, -0.1) is 0 Å². The van der Waals surface area contributed by atoms with Crippen molar-refractivity contribution in [1.82, 2.24) is 9.97 Å². The molecule has 1 heterocycles. The fourth-order valence-corrected chi connectivity index (χ4v) is 3.33. The van der Waals surface area contributed by atoms with Crippen molar-refractivity contribution in [3.63, 3.8) is 0 Å². The molecule has 0 amide bonds. The first-order valence-electron chi connectivity index (χ1n) is 8.70. The molecule has 0 saturated carbocycles. The lowest BCUT2D eigenvalue weighted by atomic mass is 10.1. The minimum atomic E-state index is -3.59. The maximum atomic E-state index is 12.0. The predicted molar refractivity (Wildman–Crippen MR) is 106 cm³/mol. The number of hydrogen-bond donors (Lipinski definition) is 0. The molecule has 0 saturated heterocycles. The van der Waals surface area contributed by atoms with E-state index in [1.165, 1.54) is 17.7 Å². The van der Waals surface area contributed by atoms with Crippen molar-refractivity contribution >= 4 is 15.5 Å². The minimum absolute atomic E-state index is 0.0378. The van der Waals surface area contributed by atoms with Gasteiger partial charge < -0.3 is 0 Å². The van der Waals surface area contributed by atoms with Crippen molar-refractivity contribution in [2.45, 2.75) is 24.4 Å². The van der Waals surface area contributed by atoms with Crippen LogP contribution in [0.4, 0.5) is 5.69 Å². The standard InChI is InChI=1S/C20H19N3O4S/c1-28(26,27)20-21-17(9-5-8-15-6-3-2-4-7-15)14-19(22-20)16-10-12-18(13-11-16)23(24)25/h2-4,6-7,10-14H,5,8-9H2,1H3. The molecule has 0 aliphatic carbocycles. The van der Waals surface area contributed by atoms with Crippen LogP contribution in [0.3, 0.4) is 0 Å². The number of aryl methyl sites for hydroxylation is 2. The van der Waals surface area contributed by atoms with Gasteiger partial charge >= 0.3 is 0 Å². The Morgan fingerprint density at radius 3 is 2.25 bits per heavy atom. The highest BCUT2D eigenvalue weighted by Gasteiger charge is 2.16. The van der Waals surface area contributed by atoms with Gasteiger partial charge in [-0.1, -0.05) is 30.3 Å². The molecule has 0 N–H and O–H groups in total. The van der Waals surface area contributed by atoms with Crippen molar-refractivity contribution in [3.8, 4) is 11.3 Å². The second-order valence-corrected chi connectivity index (χ2v) is 8.35. The van der Waals surface area contributed by atoms with Crippen molar-refractivity contribution in [1.29, 1.82) is 0 Å². The van der Waals surface area contributed by atoms with Gasteiger partial charge in [0.05, 0.1) is 10.6 Å². The average molecular weight is 397 g/mol. The van der Waals surface area contributed by atoms with Crippen molar-refractivity contribution in [3.05, 3.63) is 82.0 Å². The third-order valence-electron chi connectivity index (χ3n) is 4.21. The maximum absolute atomic E-state index is 12.0. The zero-order valence-corrected chi connectivity index (χ0v) is 16.1. The zero-order valence-electron chi connectivity index (χ0n) is 15.3. The molecule has 0 unspecified atom stereocenters. The van der Waals surface area contributed by atoms with Crippen LogP contribution < -0.4 is 0 Å². The number of nitro benzene ring substituents is 1. The molecule has 0 radical (unpaired) electrons. The molecule has 144 valence electrons. The Kier molecular flexibility index (Phi) is 5.79. The van der Waals surface area contributed by atoms with Gasteiger partial charge in [-0.3, -0.25) is 10.1 Å². The molecule has 0 fully saturated rings. The molecule has 28 heavy (non-hydrogen) atoms. The summed E-state index contributed by atoms with van der Waals surface area (Å²) in [6.45, 7) is 0. The monoisotopic (exact) mass is 397 g/mol. The van der Waals surface area contributed by atoms with E-state index >= 15 is 0 Å². The number of sulfone groups is 1. The van der Waals surface area contributed by atoms with Crippen LogP contribution in [0, 0.1) is 10.1 Å². The molecule has 3 rings (SSSR count). The maximum Gasteiger partial charge on any atom is 0.269 e. The first-order valence-corrected chi connectivity index (χ1v) is 10.6. The van der Waals surface area contributed by atoms with Gasteiger partial charge in [0.15, 0.2) is 0 Å². The third kappa shape index (κ3) is 4.98. The Morgan fingerprint density at radius 2 is 1.64 bits per heavy atom. The lowest BCUT2D eigenvalue weighted by Gasteiger charge is -2.08. The van der Waals surface area contributed by atoms with Crippen molar-refractivity contribution in [2.75, 3.05) is 6.26 Å². The number of nitrogens with zero attached hydrogens (tertiary/aromatic N) is 3. The van der Waals surface area contributed by atoms with Crippen LogP contribution in [0.15, 0.2) is 65.8 Å². The number of hydrogen-bond acceptors (Lipinski definition) is 6. The molecular weight excluding hydrogens is 378 g/mol. The van der Waals surface area contributed by atoms with Crippen LogP contribution in [-0.4, -0.2) is 29.6 Å². The summed E-state index contributed by atoms with van der Waals surface area (Å²) < 4.78 is 24.0. The van der Waals surface area contributed by atoms with Crippen LogP contribution in [0.1, 0.15) is 17.7 Å². The number of rotatable bonds is 7. The predicted octanol–water partition coefficient (Wildman–Crippen LogP) is 3.63. The molecular formula is C20H19N3O4S. The second kappa shape index (κ2) is 8.26. The number of aromatic nitrogens is 2. The van der Waals surface area contributed by atoms with Crippen LogP contribution in [0.5, 0.6) is 0 Å². The summed E-state index contributed by atoms with van der Waals surface area (Å²) in [6.07, 6.45) is 3.32. The highest BCUT2D eigenvalue weighted by molar-refractivity contribution is 7.90. The molecule has 3 aromatic rings. The van der Waals surface area contributed by atoms with Crippen LogP contribution >= 0.6 is 0 Å². The first-order chi connectivity index (χ1) is 13.3. The Morgan fingerprint density at radius 1 is 0.964 bits per heavy atom. The molecule has 0 aliphatic heterocycles. The summed E-state index contributed by atoms with van der Waals surface area (Å²) >= 11 is 0. The van der Waals surface area contributed by atoms with Gasteiger partial charge in [-0.05, 0) is 43.0 Å². The third-order valence-corrected chi connectivity index (χ3v) is 5.05. The second-order valence-electron chi connectivity index (χ2n) is 6.44. The smallest absolute Gasteiger partial charge is 0.258 e. The van der Waals surface area contributed by atoms with Crippen LogP contribution in [0.25, 0.3) is 11.3 Å². The van der Waals surface area contributed by atoms with E-state index in [0.29, 0.717) is 23.4 Å². The molecule has 1 aromatic heterocycles. The Hall–Kier alpha value is -3.13. The Bertz CT molecular complexity index is 1080. The fraction of sp³-hybridized carbons (Fsp3) is 0.200. The highest BCUT2D eigenvalue weighted by Crippen LogP contribution is 2.23. The molecule has 8 heteroatoms. The van der Waals surface area contributed by atoms with Crippen LogP contribution in [0.2, 0.25) is 0 Å². The average Bonchev–Trinajstić information content (AvgIpc) is 2.68. The molecule has 2 aromatic carbocycles. The normalized spacial score (nSPS) is 11.3. The van der Waals surface area contributed by atoms with E-state index in [4.69, 9.17) is 0 Å². The van der Waals surface area contributed by atoms with E-state index < -0.39 is 14.8 Å². The molecule has 7 nitrogen and oxygen atoms in total. The summed E-state index contributed by atoms with van der Waals surface area (Å²) in [6, 6.07) is 17.6. The lowest BCUT2D eigenvalue weighted by Crippen LogP contribution is -2.08. The topological polar surface area (TPSA) is 103 Å². The molecule has 0 atom stereocenters. The van der Waals surface area contributed by atoms with E-state index in [9.17, 15) is 18.5 Å². The Balaban J connectivity index is 1.87. The zero-order chi connectivity index (χ0) is 20.1. The molecule has 0 bridgehead atoms. The van der Waals surface area contributed by atoms with Crippen molar-refractivity contribution < 1.29 is 13.3 Å². The summed E-state index contributed by atoms with van der Waals surface area (Å²) in [7, 11) is -3.59. The highest BCUT2D eigenvalue weighted by atomic mass is 32.2. The molecule has 0 aliphatic rings. The summed E-state index contributed by atoms with van der Waals surface area (Å²) in [5.41, 5.74) is 2.82. The van der Waals surface area contributed by atoms with E-state index in [1.54, 1.807) is 18.2 Å². The quantitative estimate of drug-likeness (QED) is 0.343. The van der Waals surface area contributed by atoms with Crippen molar-refractivity contribution in [2.24, 2.45) is 0 Å². The summed E-state index contributed by atoms with van der Waals surface area (Å²) in [5.74, 6) is 0. The van der Waals surface area contributed by atoms with Gasteiger partial charge in [0.2, 0.25) is 15.0 Å². The van der Waals surface area contributed by atoms with Crippen LogP contribution in [-0.2, 0) is 22.7 Å².